The Kier molecular flexibility index (Phi) is 10.1. The number of pyridine rings is 2. The quantitative estimate of drug-likeness (QED) is 0.330. The molecule has 1 aliphatic heterocycles. The van der Waals surface area contributed by atoms with Crippen molar-refractivity contribution in [3.05, 3.63) is 98.5 Å². The minimum atomic E-state index is -1.52. The Morgan fingerprint density at radius 3 is 2.21 bits per heavy atom. The van der Waals surface area contributed by atoms with E-state index in [-0.39, 0.29) is 21.5 Å². The fourth-order valence-corrected chi connectivity index (χ4v) is 5.64. The Labute approximate surface area is 248 Å². The molecule has 0 aliphatic carbocycles. The van der Waals surface area contributed by atoms with Crippen molar-refractivity contribution >= 4 is 33.1 Å². The Morgan fingerprint density at radius 1 is 0.860 bits per heavy atom. The largest absolute Gasteiger partial charge is 0.375 e. The maximum atomic E-state index is 14.1. The van der Waals surface area contributed by atoms with Crippen LogP contribution in [0.3, 0.4) is 0 Å². The number of hydrogen-bond donors (Lipinski definition) is 1. The summed E-state index contributed by atoms with van der Waals surface area (Å²) in [6, 6.07) is 9.40. The molecule has 0 spiro atoms. The van der Waals surface area contributed by atoms with Gasteiger partial charge in [0.25, 0.3) is 11.1 Å². The number of rotatable bonds is 6. The van der Waals surface area contributed by atoms with Gasteiger partial charge in [-0.05, 0) is 66.5 Å². The van der Waals surface area contributed by atoms with Gasteiger partial charge in [0.1, 0.15) is 24.1 Å². The number of anilines is 2. The van der Waals surface area contributed by atoms with Crippen molar-refractivity contribution in [1.82, 2.24) is 14.0 Å². The molecule has 4 aromatic rings. The van der Waals surface area contributed by atoms with Gasteiger partial charge in [0, 0.05) is 52.7 Å². The van der Waals surface area contributed by atoms with Crippen LogP contribution in [0.2, 0.25) is 0 Å². The summed E-state index contributed by atoms with van der Waals surface area (Å²) >= 11 is 0. The van der Waals surface area contributed by atoms with Crippen molar-refractivity contribution < 1.29 is 21.8 Å². The first kappa shape index (κ1) is 32.0. The molecule has 2 atom stereocenters. The number of nitrogens with zero attached hydrogens (tertiary/aromatic N) is 4. The molecule has 2 aromatic heterocycles. The van der Waals surface area contributed by atoms with Crippen LogP contribution in [-0.4, -0.2) is 64.4 Å². The van der Waals surface area contributed by atoms with Gasteiger partial charge >= 0.3 is 0 Å². The molecule has 2 unspecified atom stereocenters. The number of fused-ring (bicyclic) bond motifs is 1. The van der Waals surface area contributed by atoms with Crippen molar-refractivity contribution in [3.63, 3.8) is 0 Å². The second-order valence-corrected chi connectivity index (χ2v) is 11.7. The fourth-order valence-electron chi connectivity index (χ4n) is 4.92. The van der Waals surface area contributed by atoms with E-state index in [0.717, 1.165) is 56.3 Å². The smallest absolute Gasteiger partial charge is 0.287 e. The van der Waals surface area contributed by atoms with Crippen LogP contribution < -0.4 is 21.3 Å². The second kappa shape index (κ2) is 13.6. The molecule has 13 heteroatoms. The first-order valence-electron chi connectivity index (χ1n) is 13.4. The van der Waals surface area contributed by atoms with Gasteiger partial charge in [-0.3, -0.25) is 18.4 Å². The van der Waals surface area contributed by atoms with Crippen LogP contribution in [0, 0.1) is 17.5 Å². The van der Waals surface area contributed by atoms with Crippen LogP contribution >= 0.6 is 0 Å². The molecule has 1 fully saturated rings. The lowest BCUT2D eigenvalue weighted by molar-refractivity contribution is 0.311. The van der Waals surface area contributed by atoms with Gasteiger partial charge in [0.15, 0.2) is 5.82 Å². The number of likely N-dealkylation sites (N-methyl/N-ethyl adjacent to an activating group) is 1. The van der Waals surface area contributed by atoms with Gasteiger partial charge in [-0.15, -0.1) is 0 Å². The molecule has 0 radical (unpaired) electrons. The molecule has 1 saturated heterocycles. The van der Waals surface area contributed by atoms with E-state index in [1.807, 2.05) is 0 Å². The summed E-state index contributed by atoms with van der Waals surface area (Å²) in [5, 5.41) is 3.41. The zero-order chi connectivity index (χ0) is 31.4. The highest BCUT2D eigenvalue weighted by molar-refractivity contribution is 7.84. The van der Waals surface area contributed by atoms with Crippen LogP contribution in [-0.2, 0) is 24.9 Å². The second-order valence-electron chi connectivity index (χ2n) is 10.3. The monoisotopic (exact) mass is 619 g/mol. The summed E-state index contributed by atoms with van der Waals surface area (Å²) in [6.45, 7) is 2.75. The first-order valence-corrected chi connectivity index (χ1v) is 15.0. The minimum absolute atomic E-state index is 0.133. The number of aryl methyl sites for hydroxylation is 1. The van der Waals surface area contributed by atoms with Gasteiger partial charge in [0.2, 0.25) is 0 Å². The lowest BCUT2D eigenvalue weighted by Gasteiger charge is -2.34. The summed E-state index contributed by atoms with van der Waals surface area (Å²) in [4.78, 5) is 28.2. The van der Waals surface area contributed by atoms with E-state index in [1.54, 1.807) is 26.2 Å². The van der Waals surface area contributed by atoms with Crippen LogP contribution in [0.15, 0.2) is 69.2 Å². The molecule has 1 N–H and O–H groups in total. The van der Waals surface area contributed by atoms with Gasteiger partial charge in [0.05, 0.1) is 32.8 Å². The van der Waals surface area contributed by atoms with Crippen LogP contribution in [0.4, 0.5) is 29.1 Å². The minimum Gasteiger partial charge on any atom is -0.375 e. The highest BCUT2D eigenvalue weighted by atomic mass is 32.2. The van der Waals surface area contributed by atoms with E-state index in [1.165, 1.54) is 33.7 Å². The third-order valence-corrected chi connectivity index (χ3v) is 8.32. The molecular weight excluding hydrogens is 586 g/mol. The van der Waals surface area contributed by atoms with E-state index in [0.29, 0.717) is 5.39 Å². The van der Waals surface area contributed by atoms with E-state index < -0.39 is 52.1 Å². The summed E-state index contributed by atoms with van der Waals surface area (Å²) in [5.74, 6) is -1.14. The van der Waals surface area contributed by atoms with Crippen molar-refractivity contribution in [1.29, 1.82) is 0 Å². The SMILES string of the molecule is CN1CCN(c2ccc(F)c(=O)n2C)CC1.Cn1ccc2c(C(CF)Nc3ccc(F)cc3S(C)=O)cc(F)cc2c1=O. The first-order chi connectivity index (χ1) is 20.4. The van der Waals surface area contributed by atoms with E-state index in [9.17, 15) is 31.4 Å². The van der Waals surface area contributed by atoms with Crippen molar-refractivity contribution in [2.24, 2.45) is 14.1 Å². The molecule has 1 aliphatic rings. The van der Waals surface area contributed by atoms with Gasteiger partial charge in [-0.25, -0.2) is 17.6 Å². The molecule has 0 amide bonds. The average molecular weight is 620 g/mol. The van der Waals surface area contributed by atoms with Crippen molar-refractivity contribution in [2.75, 3.05) is 56.4 Å². The summed E-state index contributed by atoms with van der Waals surface area (Å²) in [7, 11) is 3.70. The number of aromatic nitrogens is 2. The maximum Gasteiger partial charge on any atom is 0.287 e. The van der Waals surface area contributed by atoms with E-state index in [4.69, 9.17) is 0 Å². The normalized spacial score (nSPS) is 15.1. The van der Waals surface area contributed by atoms with Crippen LogP contribution in [0.25, 0.3) is 10.8 Å². The molecule has 230 valence electrons. The third-order valence-electron chi connectivity index (χ3n) is 7.36. The Bertz CT molecular complexity index is 1770. The molecule has 3 heterocycles. The number of benzene rings is 2. The maximum absolute atomic E-state index is 14.1. The Morgan fingerprint density at radius 2 is 1.56 bits per heavy atom. The van der Waals surface area contributed by atoms with Crippen molar-refractivity contribution in [2.45, 2.75) is 10.9 Å². The predicted octanol–water partition coefficient (Wildman–Crippen LogP) is 3.95. The summed E-state index contributed by atoms with van der Waals surface area (Å²) in [6.07, 6.45) is 2.90. The molecule has 2 aromatic carbocycles. The zero-order valence-electron chi connectivity index (χ0n) is 24.2. The molecule has 0 bridgehead atoms. The highest BCUT2D eigenvalue weighted by Crippen LogP contribution is 2.30. The summed E-state index contributed by atoms with van der Waals surface area (Å²) < 4.78 is 69.0. The molecule has 5 rings (SSSR count). The summed E-state index contributed by atoms with van der Waals surface area (Å²) in [5.41, 5.74) is -0.428. The standard InChI is InChI=1S/C19H17F3N2O2S.C11H16FN3O/c1-24-6-5-13-14(7-12(22)8-15(13)19(24)25)17(10-20)23-16-4-3-11(21)9-18(16)27(2)26;1-13-5-7-15(8-6-13)10-4-3-9(12)11(16)14(10)2/h3-9,17,23H,10H2,1-2H3;3-4H,5-8H2,1-2H3. The number of alkyl halides is 1. The van der Waals surface area contributed by atoms with Gasteiger partial charge in [-0.1, -0.05) is 0 Å². The highest BCUT2D eigenvalue weighted by Gasteiger charge is 2.20. The number of piperazine rings is 1. The lowest BCUT2D eigenvalue weighted by Crippen LogP contribution is -2.46. The Balaban J connectivity index is 0.000000225. The predicted molar refractivity (Wildman–Crippen MR) is 162 cm³/mol. The van der Waals surface area contributed by atoms with Gasteiger partial charge in [-0.2, -0.15) is 0 Å². The zero-order valence-corrected chi connectivity index (χ0v) is 25.1. The third kappa shape index (κ3) is 7.16. The van der Waals surface area contributed by atoms with E-state index in [2.05, 4.69) is 22.2 Å². The number of nitrogens with one attached hydrogen (secondary N) is 1. The average Bonchev–Trinajstić information content (AvgIpc) is 2.98. The molecular formula is C30H33F4N5O3S. The van der Waals surface area contributed by atoms with Crippen molar-refractivity contribution in [3.8, 4) is 0 Å². The Hall–Kier alpha value is -3.97. The van der Waals surface area contributed by atoms with Crippen LogP contribution in [0.5, 0.6) is 0 Å². The number of halogens is 4. The van der Waals surface area contributed by atoms with Crippen LogP contribution in [0.1, 0.15) is 11.6 Å². The lowest BCUT2D eigenvalue weighted by atomic mass is 9.99. The molecule has 8 nitrogen and oxygen atoms in total. The topological polar surface area (TPSA) is 79.6 Å². The molecule has 43 heavy (non-hydrogen) atoms. The van der Waals surface area contributed by atoms with E-state index >= 15 is 0 Å². The molecule has 0 saturated carbocycles. The fraction of sp³-hybridized carbons (Fsp3) is 0.333. The number of hydrogen-bond acceptors (Lipinski definition) is 6. The van der Waals surface area contributed by atoms with Gasteiger partial charge < -0.3 is 19.7 Å².